The van der Waals surface area contributed by atoms with Gasteiger partial charge in [-0.05, 0) is 23.9 Å². The summed E-state index contributed by atoms with van der Waals surface area (Å²) in [5.74, 6) is 0. The Hall–Kier alpha value is -0.380. The van der Waals surface area contributed by atoms with Gasteiger partial charge in [0.25, 0.3) is 0 Å². The molecule has 2 N–H and O–H groups in total. The van der Waals surface area contributed by atoms with Gasteiger partial charge in [-0.1, -0.05) is 13.8 Å². The average Bonchev–Trinajstić information content (AvgIpc) is 2.67. The van der Waals surface area contributed by atoms with Crippen LogP contribution in [0.4, 0.5) is 0 Å². The van der Waals surface area contributed by atoms with Crippen LogP contribution in [-0.2, 0) is 11.2 Å². The molecule has 0 saturated carbocycles. The molecule has 2 rings (SSSR count). The molecule has 1 aliphatic rings. The lowest BCUT2D eigenvalue weighted by Crippen LogP contribution is -2.30. The molecule has 80 valence electrons. The topological polar surface area (TPSA) is 35.2 Å². The van der Waals surface area contributed by atoms with E-state index >= 15 is 0 Å². The Morgan fingerprint density at radius 1 is 1.57 bits per heavy atom. The maximum absolute atomic E-state index is 5.82. The zero-order chi connectivity index (χ0) is 10.6. The second kappa shape index (κ2) is 5.49. The summed E-state index contributed by atoms with van der Waals surface area (Å²) in [5, 5.41) is 2.12. The Kier molecular flexibility index (Phi) is 4.58. The minimum atomic E-state index is 0.0960. The number of hydrogen-bond donors (Lipinski definition) is 1. The third-order valence-electron chi connectivity index (χ3n) is 2.19. The van der Waals surface area contributed by atoms with Crippen molar-refractivity contribution in [2.45, 2.75) is 39.3 Å². The van der Waals surface area contributed by atoms with E-state index in [0.29, 0.717) is 0 Å². The monoisotopic (exact) mass is 213 g/mol. The fourth-order valence-corrected chi connectivity index (χ4v) is 2.51. The molecule has 0 aromatic carbocycles. The average molecular weight is 213 g/mol. The minimum absolute atomic E-state index is 0.0960. The number of hydrogen-bond acceptors (Lipinski definition) is 3. The third kappa shape index (κ3) is 2.35. The van der Waals surface area contributed by atoms with E-state index in [9.17, 15) is 0 Å². The normalized spacial score (nSPS) is 21.9. The molecule has 0 fully saturated rings. The fourth-order valence-electron chi connectivity index (χ4n) is 1.61. The molecule has 0 radical (unpaired) electrons. The van der Waals surface area contributed by atoms with Gasteiger partial charge in [0.15, 0.2) is 0 Å². The summed E-state index contributed by atoms with van der Waals surface area (Å²) in [4.78, 5) is 1.45. The molecule has 2 heterocycles. The van der Waals surface area contributed by atoms with Crippen molar-refractivity contribution < 1.29 is 4.74 Å². The lowest BCUT2D eigenvalue weighted by Gasteiger charge is -2.26. The Labute approximate surface area is 90.1 Å². The summed E-state index contributed by atoms with van der Waals surface area (Å²) in [6.07, 6.45) is 1.18. The molecule has 0 amide bonds. The first-order valence-corrected chi connectivity index (χ1v) is 6.10. The number of ether oxygens (including phenoxy) is 1. The molecule has 1 aromatic heterocycles. The number of nitrogens with two attached hydrogens (primary N) is 1. The van der Waals surface area contributed by atoms with Crippen LogP contribution >= 0.6 is 11.3 Å². The molecule has 2 atom stereocenters. The van der Waals surface area contributed by atoms with E-state index in [1.807, 2.05) is 32.1 Å². The van der Waals surface area contributed by atoms with E-state index in [1.54, 1.807) is 0 Å². The predicted molar refractivity (Wildman–Crippen MR) is 61.7 cm³/mol. The lowest BCUT2D eigenvalue weighted by atomic mass is 10.0. The number of thiophene rings is 1. The Bertz CT molecular complexity index is 270. The summed E-state index contributed by atoms with van der Waals surface area (Å²) in [5.41, 5.74) is 7.13. The molecule has 0 spiro atoms. The van der Waals surface area contributed by atoms with Crippen LogP contribution in [0, 0.1) is 0 Å². The highest BCUT2D eigenvalue weighted by atomic mass is 32.1. The zero-order valence-corrected chi connectivity index (χ0v) is 9.93. The van der Waals surface area contributed by atoms with E-state index < -0.39 is 0 Å². The highest BCUT2D eigenvalue weighted by Crippen LogP contribution is 2.32. The highest BCUT2D eigenvalue weighted by Gasteiger charge is 2.24. The smallest absolute Gasteiger partial charge is 0.0983 e. The first-order valence-electron chi connectivity index (χ1n) is 5.22. The van der Waals surface area contributed by atoms with Crippen LogP contribution in [0.1, 0.15) is 37.3 Å². The van der Waals surface area contributed by atoms with Gasteiger partial charge >= 0.3 is 0 Å². The van der Waals surface area contributed by atoms with Crippen molar-refractivity contribution in [3.8, 4) is 0 Å². The SMILES string of the molecule is CC.CC(N)C1OCCc2sccc21. The number of fused-ring (bicyclic) bond motifs is 1. The molecule has 0 aliphatic carbocycles. The maximum atomic E-state index is 5.82. The van der Waals surface area contributed by atoms with Gasteiger partial charge in [0.2, 0.25) is 0 Å². The van der Waals surface area contributed by atoms with Gasteiger partial charge in [0.05, 0.1) is 12.7 Å². The Morgan fingerprint density at radius 3 is 2.93 bits per heavy atom. The maximum Gasteiger partial charge on any atom is 0.0983 e. The van der Waals surface area contributed by atoms with E-state index in [1.165, 1.54) is 10.4 Å². The molecular formula is C11H19NOS. The second-order valence-corrected chi connectivity index (χ2v) is 4.20. The van der Waals surface area contributed by atoms with Gasteiger partial charge in [-0.3, -0.25) is 0 Å². The number of rotatable bonds is 1. The molecule has 3 heteroatoms. The Balaban J connectivity index is 0.000000461. The molecule has 1 aliphatic heterocycles. The second-order valence-electron chi connectivity index (χ2n) is 3.20. The van der Waals surface area contributed by atoms with Crippen molar-refractivity contribution >= 4 is 11.3 Å². The summed E-state index contributed by atoms with van der Waals surface area (Å²) in [6, 6.07) is 2.23. The first-order chi connectivity index (χ1) is 6.79. The quantitative estimate of drug-likeness (QED) is 0.778. The van der Waals surface area contributed by atoms with Gasteiger partial charge in [-0.25, -0.2) is 0 Å². The van der Waals surface area contributed by atoms with Crippen LogP contribution in [0.5, 0.6) is 0 Å². The minimum Gasteiger partial charge on any atom is -0.371 e. The molecule has 0 bridgehead atoms. The van der Waals surface area contributed by atoms with Gasteiger partial charge < -0.3 is 10.5 Å². The van der Waals surface area contributed by atoms with E-state index in [-0.39, 0.29) is 12.1 Å². The van der Waals surface area contributed by atoms with Gasteiger partial charge in [0.1, 0.15) is 0 Å². The summed E-state index contributed by atoms with van der Waals surface area (Å²) < 4.78 is 5.61. The van der Waals surface area contributed by atoms with Crippen molar-refractivity contribution in [3.63, 3.8) is 0 Å². The molecule has 2 unspecified atom stereocenters. The predicted octanol–water partition coefficient (Wildman–Crippen LogP) is 2.74. The van der Waals surface area contributed by atoms with Crippen molar-refractivity contribution in [2.24, 2.45) is 5.73 Å². The molecular weight excluding hydrogens is 194 g/mol. The van der Waals surface area contributed by atoms with Gasteiger partial charge in [0, 0.05) is 17.3 Å². The lowest BCUT2D eigenvalue weighted by molar-refractivity contribution is 0.0297. The first kappa shape index (κ1) is 11.7. The molecule has 14 heavy (non-hydrogen) atoms. The van der Waals surface area contributed by atoms with Crippen LogP contribution in [-0.4, -0.2) is 12.6 Å². The fraction of sp³-hybridized carbons (Fsp3) is 0.636. The highest BCUT2D eigenvalue weighted by molar-refractivity contribution is 7.10. The van der Waals surface area contributed by atoms with Crippen LogP contribution in [0.2, 0.25) is 0 Å². The van der Waals surface area contributed by atoms with Crippen LogP contribution in [0.3, 0.4) is 0 Å². The Morgan fingerprint density at radius 2 is 2.29 bits per heavy atom. The van der Waals surface area contributed by atoms with E-state index in [0.717, 1.165) is 13.0 Å². The van der Waals surface area contributed by atoms with Crippen molar-refractivity contribution in [2.75, 3.05) is 6.61 Å². The molecule has 1 aromatic rings. The third-order valence-corrected chi connectivity index (χ3v) is 3.19. The van der Waals surface area contributed by atoms with Crippen molar-refractivity contribution in [3.05, 3.63) is 21.9 Å². The standard InChI is InChI=1S/C9H13NOS.C2H6/c1-6(10)9-7-3-5-12-8(7)2-4-11-9;1-2/h3,5-6,9H,2,4,10H2,1H3;1-2H3. The largest absolute Gasteiger partial charge is 0.371 e. The molecule has 0 saturated heterocycles. The van der Waals surface area contributed by atoms with Gasteiger partial charge in [-0.2, -0.15) is 0 Å². The van der Waals surface area contributed by atoms with Crippen LogP contribution in [0.25, 0.3) is 0 Å². The zero-order valence-electron chi connectivity index (χ0n) is 9.12. The van der Waals surface area contributed by atoms with E-state index in [2.05, 4.69) is 11.4 Å². The van der Waals surface area contributed by atoms with Gasteiger partial charge in [-0.15, -0.1) is 11.3 Å². The van der Waals surface area contributed by atoms with Crippen LogP contribution < -0.4 is 5.73 Å². The van der Waals surface area contributed by atoms with Crippen molar-refractivity contribution in [1.82, 2.24) is 0 Å². The summed E-state index contributed by atoms with van der Waals surface area (Å²) >= 11 is 1.81. The summed E-state index contributed by atoms with van der Waals surface area (Å²) in [7, 11) is 0. The summed E-state index contributed by atoms with van der Waals surface area (Å²) in [6.45, 7) is 6.82. The van der Waals surface area contributed by atoms with E-state index in [4.69, 9.17) is 10.5 Å². The van der Waals surface area contributed by atoms with Crippen LogP contribution in [0.15, 0.2) is 11.4 Å². The van der Waals surface area contributed by atoms with Crippen molar-refractivity contribution in [1.29, 1.82) is 0 Å². The molecule has 2 nitrogen and oxygen atoms in total.